The van der Waals surface area contributed by atoms with E-state index in [2.05, 4.69) is 17.4 Å². The summed E-state index contributed by atoms with van der Waals surface area (Å²) in [6.45, 7) is 4.63. The standard InChI is InChI=1S/C16H20N2O3/c1-3-4-5-10-20-14-8-6-13(7-9-14)16(19)17-15-11-12(2)21-18-15/h6-9,11H,3-5,10H2,1-2H3,(H,17,18,19). The maximum atomic E-state index is 12.0. The SMILES string of the molecule is CCCCCOc1ccc(C(=O)Nc2cc(C)on2)cc1. The van der Waals surface area contributed by atoms with Gasteiger partial charge >= 0.3 is 0 Å². The van der Waals surface area contributed by atoms with E-state index < -0.39 is 0 Å². The van der Waals surface area contributed by atoms with Crippen LogP contribution in [-0.2, 0) is 0 Å². The minimum absolute atomic E-state index is 0.221. The Kier molecular flexibility index (Phi) is 5.37. The minimum Gasteiger partial charge on any atom is -0.494 e. The first-order valence-electron chi connectivity index (χ1n) is 7.16. The molecule has 112 valence electrons. The van der Waals surface area contributed by atoms with Gasteiger partial charge in [-0.25, -0.2) is 0 Å². The first kappa shape index (κ1) is 15.1. The molecule has 1 N–H and O–H groups in total. The number of carbonyl (C=O) groups is 1. The van der Waals surface area contributed by atoms with E-state index in [1.165, 1.54) is 6.42 Å². The number of carbonyl (C=O) groups excluding carboxylic acids is 1. The summed E-state index contributed by atoms with van der Waals surface area (Å²) in [6.07, 6.45) is 3.38. The van der Waals surface area contributed by atoms with Gasteiger partial charge in [0.25, 0.3) is 5.91 Å². The Bertz CT molecular complexity index is 575. The highest BCUT2D eigenvalue weighted by molar-refractivity contribution is 6.03. The number of nitrogens with zero attached hydrogens (tertiary/aromatic N) is 1. The molecule has 2 rings (SSSR count). The fraction of sp³-hybridized carbons (Fsp3) is 0.375. The normalized spacial score (nSPS) is 10.4. The molecule has 0 atom stereocenters. The number of ether oxygens (including phenoxy) is 1. The summed E-state index contributed by atoms with van der Waals surface area (Å²) in [6, 6.07) is 8.74. The number of unbranched alkanes of at least 4 members (excludes halogenated alkanes) is 2. The molecule has 0 saturated heterocycles. The summed E-state index contributed by atoms with van der Waals surface area (Å²) in [5.41, 5.74) is 0.552. The Morgan fingerprint density at radius 2 is 2.05 bits per heavy atom. The molecule has 2 aromatic rings. The third-order valence-corrected chi connectivity index (χ3v) is 3.00. The van der Waals surface area contributed by atoms with Gasteiger partial charge in [0.2, 0.25) is 0 Å². The van der Waals surface area contributed by atoms with Crippen LogP contribution in [0.2, 0.25) is 0 Å². The number of hydrogen-bond acceptors (Lipinski definition) is 4. The molecule has 0 saturated carbocycles. The second-order valence-corrected chi connectivity index (χ2v) is 4.86. The number of rotatable bonds is 7. The molecule has 0 aliphatic rings. The summed E-state index contributed by atoms with van der Waals surface area (Å²) >= 11 is 0. The summed E-state index contributed by atoms with van der Waals surface area (Å²) in [5.74, 6) is 1.62. The van der Waals surface area contributed by atoms with Crippen molar-refractivity contribution in [3.05, 3.63) is 41.7 Å². The van der Waals surface area contributed by atoms with E-state index in [1.807, 2.05) is 0 Å². The zero-order chi connectivity index (χ0) is 15.1. The molecule has 1 heterocycles. The number of aryl methyl sites for hydroxylation is 1. The summed E-state index contributed by atoms with van der Waals surface area (Å²) in [5, 5.41) is 6.40. The van der Waals surface area contributed by atoms with Crippen LogP contribution in [0.3, 0.4) is 0 Å². The first-order chi connectivity index (χ1) is 10.2. The van der Waals surface area contributed by atoms with Gasteiger partial charge in [0.1, 0.15) is 11.5 Å². The molecule has 1 amide bonds. The zero-order valence-corrected chi connectivity index (χ0v) is 12.4. The highest BCUT2D eigenvalue weighted by Crippen LogP contribution is 2.15. The molecule has 0 bridgehead atoms. The molecule has 21 heavy (non-hydrogen) atoms. The molecule has 0 aliphatic carbocycles. The number of benzene rings is 1. The average molecular weight is 288 g/mol. The summed E-state index contributed by atoms with van der Waals surface area (Å²) < 4.78 is 10.5. The van der Waals surface area contributed by atoms with E-state index in [0.29, 0.717) is 23.7 Å². The van der Waals surface area contributed by atoms with Gasteiger partial charge < -0.3 is 14.6 Å². The minimum atomic E-state index is -0.221. The average Bonchev–Trinajstić information content (AvgIpc) is 2.89. The number of anilines is 1. The lowest BCUT2D eigenvalue weighted by Gasteiger charge is -2.06. The van der Waals surface area contributed by atoms with Crippen LogP contribution in [0.4, 0.5) is 5.82 Å². The van der Waals surface area contributed by atoms with Crippen molar-refractivity contribution in [3.8, 4) is 5.75 Å². The lowest BCUT2D eigenvalue weighted by atomic mass is 10.2. The third-order valence-electron chi connectivity index (χ3n) is 3.00. The van der Waals surface area contributed by atoms with Gasteiger partial charge in [0.05, 0.1) is 6.61 Å². The first-order valence-corrected chi connectivity index (χ1v) is 7.16. The van der Waals surface area contributed by atoms with Crippen molar-refractivity contribution in [2.24, 2.45) is 0 Å². The van der Waals surface area contributed by atoms with E-state index in [0.717, 1.165) is 18.6 Å². The maximum absolute atomic E-state index is 12.0. The maximum Gasteiger partial charge on any atom is 0.256 e. The quantitative estimate of drug-likeness (QED) is 0.787. The van der Waals surface area contributed by atoms with E-state index in [4.69, 9.17) is 9.26 Å². The Morgan fingerprint density at radius 3 is 2.67 bits per heavy atom. The van der Waals surface area contributed by atoms with Gasteiger partial charge in [-0.15, -0.1) is 0 Å². The number of amides is 1. The smallest absolute Gasteiger partial charge is 0.256 e. The van der Waals surface area contributed by atoms with Crippen LogP contribution < -0.4 is 10.1 Å². The van der Waals surface area contributed by atoms with Gasteiger partial charge in [0, 0.05) is 11.6 Å². The van der Waals surface area contributed by atoms with Crippen molar-refractivity contribution in [1.29, 1.82) is 0 Å². The molecule has 1 aromatic carbocycles. The molecular weight excluding hydrogens is 268 g/mol. The van der Waals surface area contributed by atoms with Crippen LogP contribution in [0.25, 0.3) is 0 Å². The monoisotopic (exact) mass is 288 g/mol. The van der Waals surface area contributed by atoms with Crippen LogP contribution in [0.1, 0.15) is 42.3 Å². The van der Waals surface area contributed by atoms with Crippen molar-refractivity contribution < 1.29 is 14.1 Å². The molecule has 0 unspecified atom stereocenters. The molecule has 0 radical (unpaired) electrons. The molecule has 5 heteroatoms. The molecule has 0 fully saturated rings. The third kappa shape index (κ3) is 4.63. The fourth-order valence-electron chi connectivity index (χ4n) is 1.86. The van der Waals surface area contributed by atoms with E-state index in [1.54, 1.807) is 37.3 Å². The topological polar surface area (TPSA) is 64.4 Å². The van der Waals surface area contributed by atoms with Crippen molar-refractivity contribution in [1.82, 2.24) is 5.16 Å². The highest BCUT2D eigenvalue weighted by Gasteiger charge is 2.08. The molecule has 1 aromatic heterocycles. The number of aromatic nitrogens is 1. The molecular formula is C16H20N2O3. The van der Waals surface area contributed by atoms with Crippen molar-refractivity contribution >= 4 is 11.7 Å². The summed E-state index contributed by atoms with van der Waals surface area (Å²) in [7, 11) is 0. The summed E-state index contributed by atoms with van der Waals surface area (Å²) in [4.78, 5) is 12.0. The lowest BCUT2D eigenvalue weighted by Crippen LogP contribution is -2.11. The Morgan fingerprint density at radius 1 is 1.29 bits per heavy atom. The van der Waals surface area contributed by atoms with Crippen LogP contribution in [0.15, 0.2) is 34.9 Å². The Balaban J connectivity index is 1.87. The molecule has 0 spiro atoms. The van der Waals surface area contributed by atoms with Crippen molar-refractivity contribution in [2.45, 2.75) is 33.1 Å². The largest absolute Gasteiger partial charge is 0.494 e. The second-order valence-electron chi connectivity index (χ2n) is 4.86. The predicted octanol–water partition coefficient (Wildman–Crippen LogP) is 3.80. The number of hydrogen-bond donors (Lipinski definition) is 1. The molecule has 0 aliphatic heterocycles. The van der Waals surface area contributed by atoms with Gasteiger partial charge in [-0.05, 0) is 37.6 Å². The van der Waals surface area contributed by atoms with Crippen molar-refractivity contribution in [3.63, 3.8) is 0 Å². The van der Waals surface area contributed by atoms with Crippen LogP contribution in [0.5, 0.6) is 5.75 Å². The van der Waals surface area contributed by atoms with Crippen LogP contribution >= 0.6 is 0 Å². The van der Waals surface area contributed by atoms with E-state index in [-0.39, 0.29) is 5.91 Å². The van der Waals surface area contributed by atoms with E-state index >= 15 is 0 Å². The van der Waals surface area contributed by atoms with E-state index in [9.17, 15) is 4.79 Å². The highest BCUT2D eigenvalue weighted by atomic mass is 16.5. The zero-order valence-electron chi connectivity index (χ0n) is 12.4. The Hall–Kier alpha value is -2.30. The van der Waals surface area contributed by atoms with Crippen LogP contribution in [-0.4, -0.2) is 17.7 Å². The number of nitrogens with one attached hydrogen (secondary N) is 1. The van der Waals surface area contributed by atoms with Gasteiger partial charge in [0.15, 0.2) is 5.82 Å². The fourth-order valence-corrected chi connectivity index (χ4v) is 1.86. The lowest BCUT2D eigenvalue weighted by molar-refractivity contribution is 0.102. The predicted molar refractivity (Wildman–Crippen MR) is 80.7 cm³/mol. The van der Waals surface area contributed by atoms with Crippen LogP contribution in [0, 0.1) is 6.92 Å². The van der Waals surface area contributed by atoms with Gasteiger partial charge in [-0.2, -0.15) is 0 Å². The van der Waals surface area contributed by atoms with Gasteiger partial charge in [-0.1, -0.05) is 24.9 Å². The second kappa shape index (κ2) is 7.47. The molecule has 5 nitrogen and oxygen atoms in total. The van der Waals surface area contributed by atoms with Crippen molar-refractivity contribution in [2.75, 3.05) is 11.9 Å². The Labute approximate surface area is 124 Å². The van der Waals surface area contributed by atoms with Gasteiger partial charge in [-0.3, -0.25) is 4.79 Å².